The van der Waals surface area contributed by atoms with Gasteiger partial charge in [-0.2, -0.15) is 0 Å². The van der Waals surface area contributed by atoms with Crippen molar-refractivity contribution in [3.63, 3.8) is 0 Å². The number of anilines is 1. The smallest absolute Gasteiger partial charge is 0.272 e. The number of aryl methyl sites for hydroxylation is 1. The van der Waals surface area contributed by atoms with Crippen LogP contribution in [0.25, 0.3) is 0 Å². The Balaban J connectivity index is 2.12. The lowest BCUT2D eigenvalue weighted by atomic mass is 10.2. The summed E-state index contributed by atoms with van der Waals surface area (Å²) in [5.74, 6) is 5.15. The Hall–Kier alpha value is -2.47. The second-order valence-corrected chi connectivity index (χ2v) is 4.51. The van der Waals surface area contributed by atoms with Crippen molar-refractivity contribution in [3.8, 4) is 0 Å². The van der Waals surface area contributed by atoms with E-state index in [4.69, 9.17) is 5.84 Å². The fraction of sp³-hybridized carbons (Fsp3) is 0.214. The molecule has 0 saturated heterocycles. The van der Waals surface area contributed by atoms with Crippen LogP contribution in [0.3, 0.4) is 0 Å². The Kier molecular flexibility index (Phi) is 4.27. The fourth-order valence-electron chi connectivity index (χ4n) is 1.84. The summed E-state index contributed by atoms with van der Waals surface area (Å²) >= 11 is 0. The average Bonchev–Trinajstić information content (AvgIpc) is 2.46. The first-order valence-electron chi connectivity index (χ1n) is 6.21. The highest BCUT2D eigenvalue weighted by Gasteiger charge is 2.14. The van der Waals surface area contributed by atoms with E-state index in [0.717, 1.165) is 11.4 Å². The Morgan fingerprint density at radius 1 is 1.40 bits per heavy atom. The van der Waals surface area contributed by atoms with Crippen molar-refractivity contribution in [2.24, 2.45) is 5.84 Å². The largest absolute Gasteiger partial charge is 0.334 e. The second-order valence-electron chi connectivity index (χ2n) is 4.51. The summed E-state index contributed by atoms with van der Waals surface area (Å²) in [5, 5.41) is 0. The van der Waals surface area contributed by atoms with Gasteiger partial charge < -0.3 is 10.3 Å². The van der Waals surface area contributed by atoms with Crippen molar-refractivity contribution in [3.05, 3.63) is 53.6 Å². The molecule has 0 aliphatic heterocycles. The van der Waals surface area contributed by atoms with Gasteiger partial charge in [0.05, 0.1) is 17.9 Å². The average molecular weight is 271 g/mol. The predicted octanol–water partition coefficient (Wildman–Crippen LogP) is 1.34. The number of hydrogen-bond donors (Lipinski definition) is 2. The molecule has 0 radical (unpaired) electrons. The van der Waals surface area contributed by atoms with Crippen molar-refractivity contribution in [1.29, 1.82) is 0 Å². The maximum absolute atomic E-state index is 12.3. The van der Waals surface area contributed by atoms with Crippen molar-refractivity contribution in [1.82, 2.24) is 14.9 Å². The number of hydrogen-bond acceptors (Lipinski definition) is 5. The zero-order valence-electron chi connectivity index (χ0n) is 11.5. The minimum atomic E-state index is -0.176. The summed E-state index contributed by atoms with van der Waals surface area (Å²) in [6.07, 6.45) is 1.54. The monoisotopic (exact) mass is 271 g/mol. The summed E-state index contributed by atoms with van der Waals surface area (Å²) in [4.78, 5) is 22.3. The minimum Gasteiger partial charge on any atom is -0.334 e. The van der Waals surface area contributed by atoms with E-state index in [1.165, 1.54) is 0 Å². The Labute approximate surface area is 117 Å². The van der Waals surface area contributed by atoms with Crippen LogP contribution in [0.2, 0.25) is 0 Å². The van der Waals surface area contributed by atoms with Crippen LogP contribution < -0.4 is 11.3 Å². The highest BCUT2D eigenvalue weighted by Crippen LogP contribution is 2.10. The molecule has 1 amide bonds. The lowest BCUT2D eigenvalue weighted by molar-refractivity contribution is 0.0777. The number of amides is 1. The summed E-state index contributed by atoms with van der Waals surface area (Å²) in [7, 11) is 1.72. The number of nitrogens with zero attached hydrogens (tertiary/aromatic N) is 3. The SMILES string of the molecule is Cc1cccc(CN(C)C(=O)c2cc(NN)ccn2)n1. The van der Waals surface area contributed by atoms with Crippen LogP contribution in [0.4, 0.5) is 5.69 Å². The lowest BCUT2D eigenvalue weighted by Crippen LogP contribution is -2.27. The van der Waals surface area contributed by atoms with Gasteiger partial charge in [0, 0.05) is 18.9 Å². The van der Waals surface area contributed by atoms with Crippen LogP contribution in [-0.2, 0) is 6.54 Å². The number of nitrogens with two attached hydrogens (primary N) is 1. The Bertz CT molecular complexity index is 614. The molecule has 6 heteroatoms. The predicted molar refractivity (Wildman–Crippen MR) is 76.8 cm³/mol. The van der Waals surface area contributed by atoms with Crippen molar-refractivity contribution < 1.29 is 4.79 Å². The minimum absolute atomic E-state index is 0.176. The molecule has 0 spiro atoms. The van der Waals surface area contributed by atoms with Gasteiger partial charge in [-0.3, -0.25) is 20.6 Å². The van der Waals surface area contributed by atoms with Crippen LogP contribution in [0.15, 0.2) is 36.5 Å². The highest BCUT2D eigenvalue weighted by atomic mass is 16.2. The van der Waals surface area contributed by atoms with E-state index < -0.39 is 0 Å². The van der Waals surface area contributed by atoms with E-state index in [1.54, 1.807) is 30.3 Å². The Morgan fingerprint density at radius 3 is 2.90 bits per heavy atom. The van der Waals surface area contributed by atoms with Crippen LogP contribution >= 0.6 is 0 Å². The van der Waals surface area contributed by atoms with Crippen LogP contribution in [0.1, 0.15) is 21.9 Å². The van der Waals surface area contributed by atoms with Crippen molar-refractivity contribution in [2.45, 2.75) is 13.5 Å². The molecular weight excluding hydrogens is 254 g/mol. The van der Waals surface area contributed by atoms with Crippen LogP contribution in [-0.4, -0.2) is 27.8 Å². The van der Waals surface area contributed by atoms with E-state index in [0.29, 0.717) is 17.9 Å². The molecule has 6 nitrogen and oxygen atoms in total. The second kappa shape index (κ2) is 6.12. The summed E-state index contributed by atoms with van der Waals surface area (Å²) in [6, 6.07) is 9.04. The normalized spacial score (nSPS) is 10.2. The number of aromatic nitrogens is 2. The van der Waals surface area contributed by atoms with Gasteiger partial charge in [-0.15, -0.1) is 0 Å². The van der Waals surface area contributed by atoms with E-state index >= 15 is 0 Å². The third-order valence-corrected chi connectivity index (χ3v) is 2.84. The van der Waals surface area contributed by atoms with Gasteiger partial charge in [-0.25, -0.2) is 0 Å². The number of carbonyl (C=O) groups excluding carboxylic acids is 1. The molecule has 0 aliphatic rings. The van der Waals surface area contributed by atoms with Gasteiger partial charge in [0.15, 0.2) is 0 Å². The third-order valence-electron chi connectivity index (χ3n) is 2.84. The number of nitrogens with one attached hydrogen (secondary N) is 1. The number of nitrogen functional groups attached to an aromatic ring is 1. The topological polar surface area (TPSA) is 84.1 Å². The molecule has 2 aromatic heterocycles. The molecule has 2 heterocycles. The van der Waals surface area contributed by atoms with Crippen molar-refractivity contribution in [2.75, 3.05) is 12.5 Å². The standard InChI is InChI=1S/C14H17N5O/c1-10-4-3-5-12(17-10)9-19(2)14(20)13-8-11(18-15)6-7-16-13/h3-8H,9,15H2,1-2H3,(H,16,18). The van der Waals surface area contributed by atoms with Gasteiger partial charge in [-0.05, 0) is 31.2 Å². The maximum Gasteiger partial charge on any atom is 0.272 e. The molecule has 0 fully saturated rings. The lowest BCUT2D eigenvalue weighted by Gasteiger charge is -2.16. The van der Waals surface area contributed by atoms with Crippen LogP contribution in [0.5, 0.6) is 0 Å². The molecule has 0 aliphatic carbocycles. The maximum atomic E-state index is 12.3. The van der Waals surface area contributed by atoms with E-state index in [9.17, 15) is 4.79 Å². The number of pyridine rings is 2. The van der Waals surface area contributed by atoms with Gasteiger partial charge >= 0.3 is 0 Å². The van der Waals surface area contributed by atoms with Gasteiger partial charge in [0.2, 0.25) is 0 Å². The van der Waals surface area contributed by atoms with Gasteiger partial charge in [-0.1, -0.05) is 6.07 Å². The van der Waals surface area contributed by atoms with E-state index in [-0.39, 0.29) is 5.91 Å². The molecule has 0 atom stereocenters. The molecule has 0 aromatic carbocycles. The number of carbonyl (C=O) groups is 1. The molecule has 0 bridgehead atoms. The molecule has 0 saturated carbocycles. The quantitative estimate of drug-likeness (QED) is 0.647. The van der Waals surface area contributed by atoms with Crippen LogP contribution in [0, 0.1) is 6.92 Å². The number of hydrazine groups is 1. The van der Waals surface area contributed by atoms with E-state index in [2.05, 4.69) is 15.4 Å². The molecule has 2 aromatic rings. The molecule has 104 valence electrons. The summed E-state index contributed by atoms with van der Waals surface area (Å²) in [6.45, 7) is 2.35. The molecule has 20 heavy (non-hydrogen) atoms. The first-order valence-corrected chi connectivity index (χ1v) is 6.21. The fourth-order valence-corrected chi connectivity index (χ4v) is 1.84. The summed E-state index contributed by atoms with van der Waals surface area (Å²) in [5.41, 5.74) is 5.25. The molecule has 0 unspecified atom stereocenters. The number of rotatable bonds is 4. The highest BCUT2D eigenvalue weighted by molar-refractivity contribution is 5.92. The third kappa shape index (κ3) is 3.30. The Morgan fingerprint density at radius 2 is 2.20 bits per heavy atom. The first kappa shape index (κ1) is 14.0. The molecular formula is C14H17N5O. The van der Waals surface area contributed by atoms with Crippen molar-refractivity contribution >= 4 is 11.6 Å². The van der Waals surface area contributed by atoms with Gasteiger partial charge in [0.1, 0.15) is 5.69 Å². The summed E-state index contributed by atoms with van der Waals surface area (Å²) < 4.78 is 0. The zero-order valence-corrected chi connectivity index (χ0v) is 11.5. The van der Waals surface area contributed by atoms with E-state index in [1.807, 2.05) is 25.1 Å². The molecule has 3 N–H and O–H groups in total. The van der Waals surface area contributed by atoms with Gasteiger partial charge in [0.25, 0.3) is 5.91 Å². The first-order chi connectivity index (χ1) is 9.60. The zero-order chi connectivity index (χ0) is 14.5. The molecule has 2 rings (SSSR count).